The average molecular weight is 368 g/mol. The van der Waals surface area contributed by atoms with Crippen molar-refractivity contribution in [2.45, 2.75) is 51.0 Å². The lowest BCUT2D eigenvalue weighted by Crippen LogP contribution is -2.46. The second-order valence-electron chi connectivity index (χ2n) is 7.06. The Kier molecular flexibility index (Phi) is 6.19. The van der Waals surface area contributed by atoms with Crippen LogP contribution in [0.2, 0.25) is 0 Å². The van der Waals surface area contributed by atoms with E-state index in [2.05, 4.69) is 5.32 Å². The summed E-state index contributed by atoms with van der Waals surface area (Å²) < 4.78 is 40.4. The van der Waals surface area contributed by atoms with Crippen molar-refractivity contribution in [2.24, 2.45) is 5.92 Å². The molecule has 140 valence electrons. The van der Waals surface area contributed by atoms with Gasteiger partial charge in [0.2, 0.25) is 0 Å². The zero-order chi connectivity index (χ0) is 17.7. The molecule has 1 aromatic rings. The van der Waals surface area contributed by atoms with Crippen molar-refractivity contribution in [3.05, 3.63) is 24.3 Å². The number of anilines is 1. The van der Waals surface area contributed by atoms with Crippen molar-refractivity contribution in [1.82, 2.24) is 5.32 Å². The minimum atomic E-state index is -4.30. The molecule has 2 aliphatic rings. The van der Waals surface area contributed by atoms with Gasteiger partial charge in [0.25, 0.3) is 0 Å². The maximum Gasteiger partial charge on any atom is 0.360 e. The number of rotatable bonds is 6. The summed E-state index contributed by atoms with van der Waals surface area (Å²) >= 11 is 0. The van der Waals surface area contributed by atoms with Crippen LogP contribution in [0.4, 0.5) is 5.69 Å². The van der Waals surface area contributed by atoms with Crippen LogP contribution in [0, 0.1) is 5.92 Å². The molecule has 25 heavy (non-hydrogen) atoms. The molecule has 1 saturated carbocycles. The zero-order valence-electron chi connectivity index (χ0n) is 14.6. The summed E-state index contributed by atoms with van der Waals surface area (Å²) in [6, 6.07) is 6.79. The molecule has 0 bridgehead atoms. The van der Waals surface area contributed by atoms with E-state index >= 15 is 0 Å². The maximum absolute atomic E-state index is 11.9. The fourth-order valence-electron chi connectivity index (χ4n) is 3.83. The van der Waals surface area contributed by atoms with E-state index in [0.717, 1.165) is 29.8 Å². The minimum absolute atomic E-state index is 0.217. The zero-order valence-corrected chi connectivity index (χ0v) is 15.4. The molecule has 1 saturated heterocycles. The Morgan fingerprint density at radius 1 is 1.04 bits per heavy atom. The number of hydrogen-bond acceptors (Lipinski definition) is 4. The Morgan fingerprint density at radius 2 is 1.68 bits per heavy atom. The van der Waals surface area contributed by atoms with Crippen LogP contribution >= 0.6 is 0 Å². The predicted octanol–water partition coefficient (Wildman–Crippen LogP) is 3.01. The fourth-order valence-corrected chi connectivity index (χ4v) is 4.81. The van der Waals surface area contributed by atoms with E-state index < -0.39 is 10.3 Å². The lowest BCUT2D eigenvalue weighted by Gasteiger charge is -2.33. The first-order valence-corrected chi connectivity index (χ1v) is 10.6. The smallest absolute Gasteiger partial charge is 0.360 e. The molecule has 1 heterocycles. The molecule has 0 amide bonds. The quantitative estimate of drug-likeness (QED) is 0.755. The van der Waals surface area contributed by atoms with E-state index in [9.17, 15) is 13.0 Å². The highest BCUT2D eigenvalue weighted by Crippen LogP contribution is 2.28. The molecule has 1 aliphatic carbocycles. The van der Waals surface area contributed by atoms with Crippen molar-refractivity contribution < 1.29 is 17.7 Å². The third-order valence-electron chi connectivity index (χ3n) is 5.19. The van der Waals surface area contributed by atoms with Crippen molar-refractivity contribution >= 4 is 16.0 Å². The molecule has 6 nitrogen and oxygen atoms in total. The first-order valence-electron chi connectivity index (χ1n) is 9.24. The van der Waals surface area contributed by atoms with Crippen LogP contribution in [0.3, 0.4) is 0 Å². The minimum Gasteiger partial charge on any atom is -0.493 e. The third-order valence-corrected chi connectivity index (χ3v) is 6.20. The summed E-state index contributed by atoms with van der Waals surface area (Å²) in [5.41, 5.74) is 0.486. The summed E-state index contributed by atoms with van der Waals surface area (Å²) in [5, 5.41) is 3.21. The molecule has 7 heteroatoms. The van der Waals surface area contributed by atoms with Gasteiger partial charge >= 0.3 is 10.3 Å². The molecular weight excluding hydrogens is 340 g/mol. The van der Waals surface area contributed by atoms with Crippen LogP contribution in [-0.4, -0.2) is 38.7 Å². The van der Waals surface area contributed by atoms with Crippen LogP contribution in [0.5, 0.6) is 5.75 Å². The van der Waals surface area contributed by atoms with Crippen LogP contribution in [0.25, 0.3) is 0 Å². The van der Waals surface area contributed by atoms with E-state index in [1.807, 2.05) is 0 Å². The van der Waals surface area contributed by atoms with Gasteiger partial charge in [0.1, 0.15) is 5.75 Å². The Bertz CT molecular complexity index is 636. The highest BCUT2D eigenvalue weighted by Gasteiger charge is 2.29. The van der Waals surface area contributed by atoms with Gasteiger partial charge in [0.05, 0.1) is 12.3 Å². The van der Waals surface area contributed by atoms with Gasteiger partial charge in [-0.3, -0.25) is 4.55 Å². The number of benzene rings is 1. The summed E-state index contributed by atoms with van der Waals surface area (Å²) in [5.74, 6) is 1.37. The number of ether oxygens (including phenoxy) is 1. The van der Waals surface area contributed by atoms with Gasteiger partial charge in [-0.1, -0.05) is 19.3 Å². The second-order valence-corrected chi connectivity index (χ2v) is 8.35. The van der Waals surface area contributed by atoms with Gasteiger partial charge in [0, 0.05) is 6.04 Å². The lowest BCUT2D eigenvalue weighted by molar-refractivity contribution is 0.209. The maximum atomic E-state index is 11.9. The molecule has 0 spiro atoms. The molecule has 2 N–H and O–H groups in total. The van der Waals surface area contributed by atoms with Crippen LogP contribution in [0.15, 0.2) is 24.3 Å². The SMILES string of the molecule is O=S(=O)(O)N(c1ccc(OCC2CCCCC2)cc1)C1CCNCC1. The largest absolute Gasteiger partial charge is 0.493 e. The fraction of sp³-hybridized carbons (Fsp3) is 0.667. The monoisotopic (exact) mass is 368 g/mol. The van der Waals surface area contributed by atoms with Gasteiger partial charge in [-0.05, 0) is 69.0 Å². The summed E-state index contributed by atoms with van der Waals surface area (Å²) in [4.78, 5) is 0. The number of nitrogens with zero attached hydrogens (tertiary/aromatic N) is 1. The van der Waals surface area contributed by atoms with E-state index in [1.165, 1.54) is 32.1 Å². The highest BCUT2D eigenvalue weighted by molar-refractivity contribution is 7.87. The van der Waals surface area contributed by atoms with Crippen molar-refractivity contribution in [3.63, 3.8) is 0 Å². The number of piperidine rings is 1. The van der Waals surface area contributed by atoms with Gasteiger partial charge in [-0.2, -0.15) is 8.42 Å². The van der Waals surface area contributed by atoms with Gasteiger partial charge < -0.3 is 10.1 Å². The first-order chi connectivity index (χ1) is 12.0. The van der Waals surface area contributed by atoms with Crippen LogP contribution in [-0.2, 0) is 10.3 Å². The van der Waals surface area contributed by atoms with Crippen molar-refractivity contribution in [1.29, 1.82) is 0 Å². The molecule has 1 aliphatic heterocycles. The van der Waals surface area contributed by atoms with E-state index in [4.69, 9.17) is 4.74 Å². The highest BCUT2D eigenvalue weighted by atomic mass is 32.2. The Balaban J connectivity index is 1.66. The average Bonchev–Trinajstić information content (AvgIpc) is 2.62. The molecular formula is C18H28N2O4S. The second kappa shape index (κ2) is 8.38. The Hall–Kier alpha value is -1.31. The first kappa shape index (κ1) is 18.5. The van der Waals surface area contributed by atoms with E-state index in [1.54, 1.807) is 24.3 Å². The molecule has 0 radical (unpaired) electrons. The molecule has 0 aromatic heterocycles. The standard InChI is InChI=1S/C18H28N2O4S/c21-25(22,23)20(17-10-12-19-13-11-17)16-6-8-18(9-7-16)24-14-15-4-2-1-3-5-15/h6-9,15,17,19H,1-5,10-14H2,(H,21,22,23). The van der Waals surface area contributed by atoms with E-state index in [-0.39, 0.29) is 6.04 Å². The molecule has 3 rings (SSSR count). The van der Waals surface area contributed by atoms with Gasteiger partial charge in [0.15, 0.2) is 0 Å². The third kappa shape index (κ3) is 5.09. The Morgan fingerprint density at radius 3 is 2.28 bits per heavy atom. The summed E-state index contributed by atoms with van der Waals surface area (Å²) in [7, 11) is -4.30. The van der Waals surface area contributed by atoms with Crippen molar-refractivity contribution in [2.75, 3.05) is 24.0 Å². The van der Waals surface area contributed by atoms with Crippen LogP contribution in [0.1, 0.15) is 44.9 Å². The van der Waals surface area contributed by atoms with Gasteiger partial charge in [-0.15, -0.1) is 0 Å². The lowest BCUT2D eigenvalue weighted by atomic mass is 9.90. The molecule has 2 fully saturated rings. The molecule has 0 unspecified atom stereocenters. The Labute approximate surface area is 150 Å². The van der Waals surface area contributed by atoms with Crippen LogP contribution < -0.4 is 14.4 Å². The summed E-state index contributed by atoms with van der Waals surface area (Å²) in [6.07, 6.45) is 7.71. The molecule has 1 aromatic carbocycles. The number of nitrogens with one attached hydrogen (secondary N) is 1. The van der Waals surface area contributed by atoms with Gasteiger partial charge in [-0.25, -0.2) is 4.31 Å². The van der Waals surface area contributed by atoms with E-state index in [0.29, 0.717) is 24.4 Å². The summed E-state index contributed by atoms with van der Waals surface area (Å²) in [6.45, 7) is 2.22. The topological polar surface area (TPSA) is 78.9 Å². The normalized spacial score (nSPS) is 20.4. The predicted molar refractivity (Wildman–Crippen MR) is 98.4 cm³/mol. The number of hydrogen-bond donors (Lipinski definition) is 2. The molecule has 0 atom stereocenters. The van der Waals surface area contributed by atoms with Crippen molar-refractivity contribution in [3.8, 4) is 5.75 Å².